The summed E-state index contributed by atoms with van der Waals surface area (Å²) in [7, 11) is 0. The van der Waals surface area contributed by atoms with Crippen molar-refractivity contribution in [3.63, 3.8) is 0 Å². The summed E-state index contributed by atoms with van der Waals surface area (Å²) in [4.78, 5) is 38.2. The lowest BCUT2D eigenvalue weighted by atomic mass is 9.86. The van der Waals surface area contributed by atoms with Crippen LogP contribution in [0.4, 0.5) is 0 Å². The molecule has 140 valence electrons. The molecule has 3 rings (SSSR count). The molecule has 1 atom stereocenters. The first-order valence-electron chi connectivity index (χ1n) is 8.32. The standard InChI is InChI=1S/C16H19N3O6S/c1-4-23-13(20)11-10-9(8-26-11)7-19-12(10)16(17-18-19,14(21)24-5-2)15(22)25-6-3/h8,12H,4-7H2,1-3H3. The molecule has 0 radical (unpaired) electrons. The zero-order valence-electron chi connectivity index (χ0n) is 14.7. The van der Waals surface area contributed by atoms with Gasteiger partial charge in [-0.25, -0.2) is 14.4 Å². The van der Waals surface area contributed by atoms with Gasteiger partial charge in [-0.15, -0.1) is 16.5 Å². The third kappa shape index (κ3) is 2.56. The Kier molecular flexibility index (Phi) is 4.94. The average molecular weight is 381 g/mol. The summed E-state index contributed by atoms with van der Waals surface area (Å²) >= 11 is 1.21. The van der Waals surface area contributed by atoms with Gasteiger partial charge in [0.1, 0.15) is 10.9 Å². The van der Waals surface area contributed by atoms with E-state index in [1.165, 1.54) is 16.3 Å². The van der Waals surface area contributed by atoms with E-state index in [9.17, 15) is 14.4 Å². The van der Waals surface area contributed by atoms with Crippen molar-refractivity contribution >= 4 is 29.2 Å². The Balaban J connectivity index is 2.10. The van der Waals surface area contributed by atoms with E-state index in [4.69, 9.17) is 14.2 Å². The maximum atomic E-state index is 12.7. The molecule has 2 aliphatic rings. The number of hydrogen-bond acceptors (Lipinski definition) is 10. The van der Waals surface area contributed by atoms with Gasteiger partial charge in [-0.05, 0) is 31.7 Å². The fourth-order valence-electron chi connectivity index (χ4n) is 3.16. The predicted molar refractivity (Wildman–Crippen MR) is 89.4 cm³/mol. The monoisotopic (exact) mass is 381 g/mol. The Morgan fingerprint density at radius 3 is 2.35 bits per heavy atom. The molecule has 10 heteroatoms. The summed E-state index contributed by atoms with van der Waals surface area (Å²) in [6.45, 7) is 5.67. The Morgan fingerprint density at radius 2 is 1.77 bits per heavy atom. The van der Waals surface area contributed by atoms with E-state index >= 15 is 0 Å². The fraction of sp³-hybridized carbons (Fsp3) is 0.562. The van der Waals surface area contributed by atoms with Crippen LogP contribution in [-0.4, -0.2) is 48.3 Å². The van der Waals surface area contributed by atoms with E-state index in [-0.39, 0.29) is 19.8 Å². The molecule has 0 aromatic carbocycles. The lowest BCUT2D eigenvalue weighted by Crippen LogP contribution is -2.52. The second kappa shape index (κ2) is 7.02. The third-order valence-electron chi connectivity index (χ3n) is 4.16. The highest BCUT2D eigenvalue weighted by Crippen LogP contribution is 2.51. The Labute approximate surface area is 153 Å². The number of fused-ring (bicyclic) bond motifs is 3. The zero-order chi connectivity index (χ0) is 18.9. The molecule has 0 amide bonds. The molecule has 9 nitrogen and oxygen atoms in total. The molecule has 0 saturated carbocycles. The second-order valence-electron chi connectivity index (χ2n) is 5.62. The van der Waals surface area contributed by atoms with Gasteiger partial charge in [0, 0.05) is 5.56 Å². The number of ether oxygens (including phenoxy) is 3. The molecule has 0 aliphatic carbocycles. The number of esters is 3. The van der Waals surface area contributed by atoms with Crippen LogP contribution in [0, 0.1) is 0 Å². The molecule has 1 unspecified atom stereocenters. The summed E-state index contributed by atoms with van der Waals surface area (Å²) in [5.41, 5.74) is -0.654. The lowest BCUT2D eigenvalue weighted by molar-refractivity contribution is -0.166. The van der Waals surface area contributed by atoms with Gasteiger partial charge in [-0.3, -0.25) is 5.01 Å². The molecular formula is C16H19N3O6S. The first-order chi connectivity index (χ1) is 12.5. The van der Waals surface area contributed by atoms with Gasteiger partial charge in [0.25, 0.3) is 0 Å². The molecule has 1 aromatic rings. The number of thiophene rings is 1. The van der Waals surface area contributed by atoms with Gasteiger partial charge in [-0.2, -0.15) is 0 Å². The van der Waals surface area contributed by atoms with Crippen LogP contribution >= 0.6 is 11.3 Å². The number of carbonyl (C=O) groups excluding carboxylic acids is 3. The van der Waals surface area contributed by atoms with Crippen LogP contribution in [-0.2, 0) is 30.3 Å². The third-order valence-corrected chi connectivity index (χ3v) is 5.19. The first-order valence-corrected chi connectivity index (χ1v) is 9.20. The van der Waals surface area contributed by atoms with Gasteiger partial charge in [0.2, 0.25) is 0 Å². The van der Waals surface area contributed by atoms with Crippen molar-refractivity contribution in [2.24, 2.45) is 10.3 Å². The van der Waals surface area contributed by atoms with Crippen molar-refractivity contribution < 1.29 is 28.6 Å². The highest BCUT2D eigenvalue weighted by Gasteiger charge is 2.65. The second-order valence-corrected chi connectivity index (χ2v) is 6.50. The highest BCUT2D eigenvalue weighted by molar-refractivity contribution is 7.12. The minimum atomic E-state index is -1.99. The maximum Gasteiger partial charge on any atom is 0.350 e. The van der Waals surface area contributed by atoms with Crippen LogP contribution in [0.3, 0.4) is 0 Å². The summed E-state index contributed by atoms with van der Waals surface area (Å²) in [6, 6.07) is -0.888. The number of rotatable bonds is 6. The van der Waals surface area contributed by atoms with Crippen LogP contribution in [0.1, 0.15) is 47.6 Å². The van der Waals surface area contributed by atoms with Crippen molar-refractivity contribution in [1.29, 1.82) is 0 Å². The molecule has 0 spiro atoms. The molecule has 26 heavy (non-hydrogen) atoms. The molecule has 0 saturated heterocycles. The van der Waals surface area contributed by atoms with E-state index in [1.54, 1.807) is 26.2 Å². The Morgan fingerprint density at radius 1 is 1.15 bits per heavy atom. The number of nitrogens with zero attached hydrogens (tertiary/aromatic N) is 3. The highest BCUT2D eigenvalue weighted by atomic mass is 32.1. The van der Waals surface area contributed by atoms with E-state index in [2.05, 4.69) is 10.3 Å². The van der Waals surface area contributed by atoms with Crippen molar-refractivity contribution in [3.8, 4) is 0 Å². The van der Waals surface area contributed by atoms with Crippen LogP contribution in [0.15, 0.2) is 15.7 Å². The van der Waals surface area contributed by atoms with Gasteiger partial charge >= 0.3 is 23.4 Å². The van der Waals surface area contributed by atoms with E-state index in [0.717, 1.165) is 5.56 Å². The normalized spacial score (nSPS) is 19.0. The largest absolute Gasteiger partial charge is 0.464 e. The van der Waals surface area contributed by atoms with Gasteiger partial charge in [-0.1, -0.05) is 5.22 Å². The van der Waals surface area contributed by atoms with Crippen LogP contribution < -0.4 is 0 Å². The summed E-state index contributed by atoms with van der Waals surface area (Å²) < 4.78 is 15.3. The lowest BCUT2D eigenvalue weighted by Gasteiger charge is -2.27. The van der Waals surface area contributed by atoms with E-state index in [1.807, 2.05) is 0 Å². The number of carbonyl (C=O) groups is 3. The Hall–Kier alpha value is -2.49. The van der Waals surface area contributed by atoms with Crippen molar-refractivity contribution in [3.05, 3.63) is 21.4 Å². The summed E-state index contributed by atoms with van der Waals surface area (Å²) in [5.74, 6) is -2.19. The van der Waals surface area contributed by atoms with Crippen LogP contribution in [0.5, 0.6) is 0 Å². The smallest absolute Gasteiger partial charge is 0.350 e. The Bertz CT molecular complexity index is 756. The first kappa shape index (κ1) is 18.3. The van der Waals surface area contributed by atoms with Crippen molar-refractivity contribution in [2.75, 3.05) is 19.8 Å². The predicted octanol–water partition coefficient (Wildman–Crippen LogP) is 2.03. The molecule has 1 aromatic heterocycles. The van der Waals surface area contributed by atoms with Crippen molar-refractivity contribution in [1.82, 2.24) is 5.01 Å². The zero-order valence-corrected chi connectivity index (χ0v) is 15.5. The molecular weight excluding hydrogens is 362 g/mol. The SMILES string of the molecule is CCOC(=O)c1scc2c1C1N(C2)N=NC1(C(=O)OCC)C(=O)OCC. The van der Waals surface area contributed by atoms with Crippen LogP contribution in [0.25, 0.3) is 0 Å². The van der Waals surface area contributed by atoms with Gasteiger partial charge < -0.3 is 14.2 Å². The molecule has 0 fully saturated rings. The number of hydrogen-bond donors (Lipinski definition) is 0. The van der Waals surface area contributed by atoms with Gasteiger partial charge in [0.15, 0.2) is 0 Å². The molecule has 2 aliphatic heterocycles. The summed E-state index contributed by atoms with van der Waals surface area (Å²) in [5, 5.41) is 11.3. The minimum Gasteiger partial charge on any atom is -0.464 e. The molecule has 0 bridgehead atoms. The van der Waals surface area contributed by atoms with Gasteiger partial charge in [0.05, 0.1) is 26.4 Å². The fourth-order valence-corrected chi connectivity index (χ4v) is 4.14. The molecule has 3 heterocycles. The van der Waals surface area contributed by atoms with E-state index in [0.29, 0.717) is 17.0 Å². The van der Waals surface area contributed by atoms with Crippen LogP contribution in [0.2, 0.25) is 0 Å². The van der Waals surface area contributed by atoms with Crippen molar-refractivity contribution in [2.45, 2.75) is 38.9 Å². The average Bonchev–Trinajstić information content (AvgIpc) is 3.25. The topological polar surface area (TPSA) is 107 Å². The summed E-state index contributed by atoms with van der Waals surface area (Å²) in [6.07, 6.45) is 0. The minimum absolute atomic E-state index is 0.0729. The molecule has 0 N–H and O–H groups in total. The maximum absolute atomic E-state index is 12.7. The quantitative estimate of drug-likeness (QED) is 0.421. The van der Waals surface area contributed by atoms with E-state index < -0.39 is 29.5 Å².